The summed E-state index contributed by atoms with van der Waals surface area (Å²) in [4.78, 5) is 13.5. The van der Waals surface area contributed by atoms with E-state index in [1.165, 1.54) is 25.9 Å². The molecule has 3 aliphatic rings. The fourth-order valence-electron chi connectivity index (χ4n) is 3.09. The molecule has 20 heavy (non-hydrogen) atoms. The fraction of sp³-hybridized carbons (Fsp3) is 0.500. The molecule has 3 fully saturated rings. The predicted molar refractivity (Wildman–Crippen MR) is 74.3 cm³/mol. The maximum absolute atomic E-state index is 5.39. The van der Waals surface area contributed by atoms with Crippen molar-refractivity contribution >= 4 is 5.95 Å². The lowest BCUT2D eigenvalue weighted by atomic mass is 10.1. The molecule has 2 bridgehead atoms. The number of hydrogen-bond donors (Lipinski definition) is 0. The summed E-state index contributed by atoms with van der Waals surface area (Å²) < 4.78 is 5.39. The van der Waals surface area contributed by atoms with Gasteiger partial charge in [0.1, 0.15) is 0 Å². The Kier molecular flexibility index (Phi) is 2.88. The third-order valence-electron chi connectivity index (χ3n) is 4.24. The van der Waals surface area contributed by atoms with Crippen molar-refractivity contribution in [1.29, 1.82) is 0 Å². The van der Waals surface area contributed by atoms with Crippen LogP contribution < -0.4 is 4.90 Å². The summed E-state index contributed by atoms with van der Waals surface area (Å²) in [5.74, 6) is 1.27. The highest BCUT2D eigenvalue weighted by Crippen LogP contribution is 2.26. The van der Waals surface area contributed by atoms with Gasteiger partial charge in [0.15, 0.2) is 0 Å². The molecule has 2 aromatic rings. The molecular formula is C14H17N5O. The van der Waals surface area contributed by atoms with Crippen LogP contribution in [0.2, 0.25) is 0 Å². The molecule has 5 heterocycles. The fourth-order valence-corrected chi connectivity index (χ4v) is 3.09. The van der Waals surface area contributed by atoms with Gasteiger partial charge >= 0.3 is 0 Å². The van der Waals surface area contributed by atoms with E-state index in [-0.39, 0.29) is 0 Å². The number of aromatic nitrogens is 3. The highest BCUT2D eigenvalue weighted by atomic mass is 16.5. The van der Waals surface area contributed by atoms with Crippen molar-refractivity contribution in [2.45, 2.75) is 18.9 Å². The highest BCUT2D eigenvalue weighted by molar-refractivity contribution is 5.52. The van der Waals surface area contributed by atoms with Crippen molar-refractivity contribution in [1.82, 2.24) is 20.0 Å². The molecule has 0 aliphatic carbocycles. The second-order valence-electron chi connectivity index (χ2n) is 5.41. The Morgan fingerprint density at radius 2 is 2.05 bits per heavy atom. The smallest absolute Gasteiger partial charge is 0.266 e. The molecule has 0 saturated carbocycles. The average molecular weight is 271 g/mol. The van der Waals surface area contributed by atoms with E-state index in [2.05, 4.69) is 24.9 Å². The van der Waals surface area contributed by atoms with Crippen molar-refractivity contribution in [3.05, 3.63) is 24.5 Å². The molecule has 0 amide bonds. The molecule has 0 aromatic carbocycles. The Hall–Kier alpha value is -1.95. The minimum absolute atomic E-state index is 0.548. The van der Waals surface area contributed by atoms with E-state index >= 15 is 0 Å². The van der Waals surface area contributed by atoms with E-state index in [1.54, 1.807) is 12.4 Å². The Balaban J connectivity index is 1.61. The van der Waals surface area contributed by atoms with Crippen LogP contribution in [0.5, 0.6) is 0 Å². The van der Waals surface area contributed by atoms with Gasteiger partial charge in [0, 0.05) is 44.6 Å². The zero-order valence-corrected chi connectivity index (χ0v) is 11.3. The molecule has 0 spiro atoms. The molecule has 0 unspecified atom stereocenters. The number of hydrogen-bond acceptors (Lipinski definition) is 6. The molecule has 3 aliphatic heterocycles. The van der Waals surface area contributed by atoms with Crippen molar-refractivity contribution in [2.24, 2.45) is 0 Å². The minimum atomic E-state index is 0.548. The standard InChI is InChI=1S/C14H17N5O/c1-2-11(10-15-5-1)13-16-14(17-20-13)19-9-8-18-6-3-12(19)4-7-18/h1-2,5,10,12H,3-4,6-9H2. The van der Waals surface area contributed by atoms with Gasteiger partial charge in [0.25, 0.3) is 11.8 Å². The number of anilines is 1. The second kappa shape index (κ2) is 4.86. The largest absolute Gasteiger partial charge is 0.334 e. The van der Waals surface area contributed by atoms with Crippen LogP contribution in [-0.2, 0) is 0 Å². The SMILES string of the molecule is c1cncc(-c2nc(N3CCN4CCC3CC4)no2)c1. The average Bonchev–Trinajstić information content (AvgIpc) is 2.81. The van der Waals surface area contributed by atoms with Gasteiger partial charge in [-0.05, 0) is 30.1 Å². The van der Waals surface area contributed by atoms with Gasteiger partial charge in [-0.15, -0.1) is 0 Å². The van der Waals surface area contributed by atoms with E-state index < -0.39 is 0 Å². The third-order valence-corrected chi connectivity index (χ3v) is 4.24. The maximum atomic E-state index is 5.39. The summed E-state index contributed by atoms with van der Waals surface area (Å²) in [6.07, 6.45) is 5.87. The molecule has 0 atom stereocenters. The molecule has 0 N–H and O–H groups in total. The van der Waals surface area contributed by atoms with E-state index in [0.717, 1.165) is 24.6 Å². The Morgan fingerprint density at radius 1 is 1.15 bits per heavy atom. The van der Waals surface area contributed by atoms with Gasteiger partial charge in [-0.1, -0.05) is 0 Å². The van der Waals surface area contributed by atoms with Crippen LogP contribution in [0, 0.1) is 0 Å². The topological polar surface area (TPSA) is 58.3 Å². The summed E-state index contributed by atoms with van der Waals surface area (Å²) in [6, 6.07) is 4.36. The van der Waals surface area contributed by atoms with Crippen LogP contribution in [-0.4, -0.2) is 52.2 Å². The zero-order chi connectivity index (χ0) is 13.4. The van der Waals surface area contributed by atoms with E-state index in [4.69, 9.17) is 4.52 Å². The first kappa shape index (κ1) is 11.8. The monoisotopic (exact) mass is 271 g/mol. The normalized spacial score (nSPS) is 25.7. The van der Waals surface area contributed by atoms with Crippen molar-refractivity contribution in [3.8, 4) is 11.5 Å². The highest BCUT2D eigenvalue weighted by Gasteiger charge is 2.31. The maximum Gasteiger partial charge on any atom is 0.266 e. The van der Waals surface area contributed by atoms with Gasteiger partial charge in [-0.3, -0.25) is 4.98 Å². The first-order chi connectivity index (χ1) is 9.90. The number of fused-ring (bicyclic) bond motifs is 4. The van der Waals surface area contributed by atoms with Crippen LogP contribution in [0.3, 0.4) is 0 Å². The van der Waals surface area contributed by atoms with Gasteiger partial charge in [-0.25, -0.2) is 0 Å². The van der Waals surface area contributed by atoms with Gasteiger partial charge in [0.2, 0.25) is 0 Å². The van der Waals surface area contributed by atoms with E-state index in [9.17, 15) is 0 Å². The molecule has 104 valence electrons. The predicted octanol–water partition coefficient (Wildman–Crippen LogP) is 1.42. The van der Waals surface area contributed by atoms with Gasteiger partial charge < -0.3 is 14.3 Å². The van der Waals surface area contributed by atoms with Crippen molar-refractivity contribution < 1.29 is 4.52 Å². The number of rotatable bonds is 2. The molecule has 2 aromatic heterocycles. The summed E-state index contributed by atoms with van der Waals surface area (Å²) in [5.41, 5.74) is 0.870. The van der Waals surface area contributed by atoms with Crippen LogP contribution in [0.4, 0.5) is 5.95 Å². The van der Waals surface area contributed by atoms with Gasteiger partial charge in [-0.2, -0.15) is 4.98 Å². The van der Waals surface area contributed by atoms with Crippen molar-refractivity contribution in [2.75, 3.05) is 31.1 Å². The van der Waals surface area contributed by atoms with Crippen LogP contribution >= 0.6 is 0 Å². The second-order valence-corrected chi connectivity index (χ2v) is 5.41. The molecular weight excluding hydrogens is 254 g/mol. The molecule has 0 radical (unpaired) electrons. The zero-order valence-electron chi connectivity index (χ0n) is 11.3. The summed E-state index contributed by atoms with van der Waals surface area (Å²) >= 11 is 0. The third kappa shape index (κ3) is 2.06. The molecule has 6 heteroatoms. The first-order valence-electron chi connectivity index (χ1n) is 7.13. The van der Waals surface area contributed by atoms with Crippen LogP contribution in [0.25, 0.3) is 11.5 Å². The molecule has 6 nitrogen and oxygen atoms in total. The number of nitrogens with zero attached hydrogens (tertiary/aromatic N) is 5. The Labute approximate surface area is 117 Å². The summed E-state index contributed by atoms with van der Waals surface area (Å²) in [5, 5.41) is 4.17. The van der Waals surface area contributed by atoms with Crippen molar-refractivity contribution in [3.63, 3.8) is 0 Å². The minimum Gasteiger partial charge on any atom is -0.334 e. The Bertz CT molecular complexity index is 576. The summed E-state index contributed by atoms with van der Waals surface area (Å²) in [6.45, 7) is 4.45. The number of pyridine rings is 1. The lowest BCUT2D eigenvalue weighted by Crippen LogP contribution is -2.38. The van der Waals surface area contributed by atoms with Crippen LogP contribution in [0.15, 0.2) is 29.0 Å². The van der Waals surface area contributed by atoms with E-state index in [0.29, 0.717) is 11.9 Å². The molecule has 5 rings (SSSR count). The first-order valence-corrected chi connectivity index (χ1v) is 7.13. The summed E-state index contributed by atoms with van der Waals surface area (Å²) in [7, 11) is 0. The van der Waals surface area contributed by atoms with E-state index in [1.807, 2.05) is 12.1 Å². The quantitative estimate of drug-likeness (QED) is 0.823. The Morgan fingerprint density at radius 3 is 2.85 bits per heavy atom. The number of piperidine rings is 1. The van der Waals surface area contributed by atoms with Gasteiger partial charge in [0.05, 0.1) is 5.56 Å². The molecule has 3 saturated heterocycles. The lowest BCUT2D eigenvalue weighted by molar-refractivity contribution is 0.250. The lowest BCUT2D eigenvalue weighted by Gasteiger charge is -2.30. The van der Waals surface area contributed by atoms with Crippen LogP contribution in [0.1, 0.15) is 12.8 Å².